The molecule has 0 aliphatic carbocycles. The van der Waals surface area contributed by atoms with Crippen LogP contribution in [0.2, 0.25) is 0 Å². The molecule has 6 atom stereocenters. The summed E-state index contributed by atoms with van der Waals surface area (Å²) in [6.07, 6.45) is 52.9. The van der Waals surface area contributed by atoms with Crippen LogP contribution in [-0.2, 0) is 42.9 Å². The van der Waals surface area contributed by atoms with Gasteiger partial charge < -0.3 is 39.0 Å². The molecule has 0 saturated carbocycles. The number of carboxylic acids is 1. The van der Waals surface area contributed by atoms with Crippen molar-refractivity contribution in [2.24, 2.45) is 0 Å². The molecule has 3 N–H and O–H groups in total. The van der Waals surface area contributed by atoms with Crippen molar-refractivity contribution >= 4 is 23.9 Å². The van der Waals surface area contributed by atoms with E-state index in [4.69, 9.17) is 23.7 Å². The quantitative estimate of drug-likeness (QED) is 0.0228. The number of esters is 3. The van der Waals surface area contributed by atoms with E-state index >= 15 is 0 Å². The third-order valence-corrected chi connectivity index (χ3v) is 15.5. The van der Waals surface area contributed by atoms with Gasteiger partial charge in [-0.15, -0.1) is 0 Å². The summed E-state index contributed by atoms with van der Waals surface area (Å²) in [5, 5.41) is 31.5. The first-order valence-electron chi connectivity index (χ1n) is 33.3. The minimum absolute atomic E-state index is 0.0668. The van der Waals surface area contributed by atoms with Crippen molar-refractivity contribution in [3.63, 3.8) is 0 Å². The molecule has 6 unspecified atom stereocenters. The molecule has 0 aromatic heterocycles. The fourth-order valence-electron chi connectivity index (χ4n) is 10.4. The number of aliphatic hydroxyl groups excluding tert-OH is 2. The highest BCUT2D eigenvalue weighted by atomic mass is 16.7. The second-order valence-electron chi connectivity index (χ2n) is 23.1. The maximum Gasteiger partial charge on any atom is 0.335 e. The first-order chi connectivity index (χ1) is 38.6. The van der Waals surface area contributed by atoms with E-state index in [-0.39, 0.29) is 25.9 Å². The second kappa shape index (κ2) is 55.7. The fraction of sp³-hybridized carbons (Fsp3) is 0.881. The lowest BCUT2D eigenvalue weighted by Gasteiger charge is -2.40. The zero-order valence-corrected chi connectivity index (χ0v) is 51.1. The number of ether oxygens (including phenoxy) is 5. The van der Waals surface area contributed by atoms with Crippen LogP contribution in [0.15, 0.2) is 24.3 Å². The molecular formula is C67H122O12. The Morgan fingerprint density at radius 3 is 1.16 bits per heavy atom. The van der Waals surface area contributed by atoms with Crippen molar-refractivity contribution in [2.75, 3.05) is 13.2 Å². The van der Waals surface area contributed by atoms with Gasteiger partial charge in [-0.1, -0.05) is 283 Å². The smallest absolute Gasteiger partial charge is 0.335 e. The topological polar surface area (TPSA) is 175 Å². The van der Waals surface area contributed by atoms with E-state index in [1.54, 1.807) is 0 Å². The summed E-state index contributed by atoms with van der Waals surface area (Å²) in [6.45, 7) is 6.01. The molecular weight excluding hydrogens is 997 g/mol. The van der Waals surface area contributed by atoms with Crippen molar-refractivity contribution in [3.05, 3.63) is 24.3 Å². The molecule has 0 spiro atoms. The van der Waals surface area contributed by atoms with Gasteiger partial charge in [-0.25, -0.2) is 4.79 Å². The van der Waals surface area contributed by atoms with Crippen molar-refractivity contribution in [3.8, 4) is 0 Å². The summed E-state index contributed by atoms with van der Waals surface area (Å²) in [5.41, 5.74) is 0. The van der Waals surface area contributed by atoms with Crippen LogP contribution in [0.1, 0.15) is 329 Å². The van der Waals surface area contributed by atoms with Gasteiger partial charge in [0.25, 0.3) is 0 Å². The second-order valence-corrected chi connectivity index (χ2v) is 23.1. The Morgan fingerprint density at radius 1 is 0.418 bits per heavy atom. The summed E-state index contributed by atoms with van der Waals surface area (Å²) in [7, 11) is 0. The molecule has 1 saturated heterocycles. The molecule has 1 aliphatic rings. The maximum absolute atomic E-state index is 13.2. The van der Waals surface area contributed by atoms with Crippen LogP contribution >= 0.6 is 0 Å². The summed E-state index contributed by atoms with van der Waals surface area (Å²) < 4.78 is 28.5. The van der Waals surface area contributed by atoms with Crippen LogP contribution in [0.25, 0.3) is 0 Å². The number of carbonyl (C=O) groups excluding carboxylic acids is 3. The Labute approximate surface area is 483 Å². The van der Waals surface area contributed by atoms with Gasteiger partial charge in [-0.2, -0.15) is 0 Å². The monoisotopic (exact) mass is 1120 g/mol. The molecule has 462 valence electrons. The van der Waals surface area contributed by atoms with Crippen LogP contribution < -0.4 is 0 Å². The number of carbonyl (C=O) groups is 4. The third-order valence-electron chi connectivity index (χ3n) is 15.5. The first-order valence-corrected chi connectivity index (χ1v) is 33.3. The van der Waals surface area contributed by atoms with Gasteiger partial charge in [0.2, 0.25) is 0 Å². The third kappa shape index (κ3) is 45.4. The molecule has 79 heavy (non-hydrogen) atoms. The number of hydrogen-bond acceptors (Lipinski definition) is 11. The highest BCUT2D eigenvalue weighted by molar-refractivity contribution is 5.74. The SMILES string of the molecule is CCCCC/C=C\C/C=C\CCCCCCCCCCCC(=O)OCC(COC1OC(C(=O)O)C(O)C(O)C1OC(=O)CCCCCCCCCCCCC)OC(=O)CCCCCCCCCCCCCCCCCCCCC. The van der Waals surface area contributed by atoms with Crippen LogP contribution in [-0.4, -0.2) is 89.2 Å². The van der Waals surface area contributed by atoms with Gasteiger partial charge in [0.15, 0.2) is 24.6 Å². The number of allylic oxidation sites excluding steroid dienone is 4. The molecule has 1 heterocycles. The largest absolute Gasteiger partial charge is 0.479 e. The van der Waals surface area contributed by atoms with Crippen molar-refractivity contribution in [1.82, 2.24) is 0 Å². The highest BCUT2D eigenvalue weighted by Crippen LogP contribution is 2.27. The Bertz CT molecular complexity index is 1470. The average molecular weight is 1120 g/mol. The molecule has 0 aromatic carbocycles. The average Bonchev–Trinajstić information content (AvgIpc) is 3.47. The molecule has 1 aliphatic heterocycles. The lowest BCUT2D eigenvalue weighted by molar-refractivity contribution is -0.301. The predicted octanol–water partition coefficient (Wildman–Crippen LogP) is 17.8. The van der Waals surface area contributed by atoms with Crippen LogP contribution in [0.4, 0.5) is 0 Å². The minimum Gasteiger partial charge on any atom is -0.479 e. The summed E-state index contributed by atoms with van der Waals surface area (Å²) in [5.74, 6) is -3.08. The summed E-state index contributed by atoms with van der Waals surface area (Å²) in [6, 6.07) is 0. The van der Waals surface area contributed by atoms with E-state index < -0.39 is 67.3 Å². The lowest BCUT2D eigenvalue weighted by Crippen LogP contribution is -2.61. The fourth-order valence-corrected chi connectivity index (χ4v) is 10.4. The van der Waals surface area contributed by atoms with Gasteiger partial charge in [0.1, 0.15) is 18.8 Å². The van der Waals surface area contributed by atoms with Crippen LogP contribution in [0.5, 0.6) is 0 Å². The van der Waals surface area contributed by atoms with E-state index in [9.17, 15) is 34.5 Å². The summed E-state index contributed by atoms with van der Waals surface area (Å²) >= 11 is 0. The van der Waals surface area contributed by atoms with E-state index in [1.807, 2.05) is 0 Å². The van der Waals surface area contributed by atoms with E-state index in [0.29, 0.717) is 19.3 Å². The van der Waals surface area contributed by atoms with Gasteiger partial charge in [0.05, 0.1) is 6.61 Å². The first kappa shape index (κ1) is 74.2. The molecule has 0 amide bonds. The Morgan fingerprint density at radius 2 is 0.759 bits per heavy atom. The number of hydrogen-bond donors (Lipinski definition) is 3. The van der Waals surface area contributed by atoms with Gasteiger partial charge >= 0.3 is 23.9 Å². The van der Waals surface area contributed by atoms with Gasteiger partial charge in [-0.05, 0) is 51.4 Å². The van der Waals surface area contributed by atoms with Crippen LogP contribution in [0.3, 0.4) is 0 Å². The molecule has 12 heteroatoms. The minimum atomic E-state index is -1.90. The van der Waals surface area contributed by atoms with Gasteiger partial charge in [-0.3, -0.25) is 14.4 Å². The van der Waals surface area contributed by atoms with Crippen molar-refractivity contribution < 1.29 is 58.2 Å². The number of aliphatic hydroxyl groups is 2. The predicted molar refractivity (Wildman–Crippen MR) is 322 cm³/mol. The van der Waals surface area contributed by atoms with E-state index in [1.165, 1.54) is 193 Å². The Kier molecular flexibility index (Phi) is 52.3. The molecule has 1 fully saturated rings. The molecule has 0 radical (unpaired) electrons. The van der Waals surface area contributed by atoms with Crippen molar-refractivity contribution in [1.29, 1.82) is 0 Å². The van der Waals surface area contributed by atoms with E-state index in [2.05, 4.69) is 45.1 Å². The lowest BCUT2D eigenvalue weighted by atomic mass is 9.98. The van der Waals surface area contributed by atoms with Crippen molar-refractivity contribution in [2.45, 2.75) is 366 Å². The van der Waals surface area contributed by atoms with E-state index in [0.717, 1.165) is 77.0 Å². The zero-order valence-electron chi connectivity index (χ0n) is 51.1. The van der Waals surface area contributed by atoms with Gasteiger partial charge in [0, 0.05) is 19.3 Å². The zero-order chi connectivity index (χ0) is 57.5. The summed E-state index contributed by atoms with van der Waals surface area (Å²) in [4.78, 5) is 51.3. The highest BCUT2D eigenvalue weighted by Gasteiger charge is 2.50. The Hall–Kier alpha value is -2.80. The number of aliphatic carboxylic acids is 1. The molecule has 0 bridgehead atoms. The molecule has 1 rings (SSSR count). The Balaban J connectivity index is 2.61. The molecule has 0 aromatic rings. The molecule has 12 nitrogen and oxygen atoms in total. The number of unbranched alkanes of at least 4 members (excludes halogenated alkanes) is 40. The maximum atomic E-state index is 13.2. The van der Waals surface area contributed by atoms with Crippen LogP contribution in [0, 0.1) is 0 Å². The standard InChI is InChI=1S/C67H122O12/c1-4-7-10-13-16-19-22-24-26-28-30-32-34-36-39-41-44-47-50-53-59(68)75-56-58(77-60(69)54-51-48-45-43-40-37-35-33-31-29-27-25-23-20-17-14-11-8-5-2)57-76-67-65(63(72)62(71)64(79-67)66(73)74)78-61(70)55-52-49-46-42-38-21-18-15-12-9-6-3/h16,19,24,26,58,62-65,67,71-72H,4-15,17-18,20-23,25,27-57H2,1-3H3,(H,73,74)/b19-16-,26-24-. The normalized spacial score (nSPS) is 17.9. The number of carboxylic acid groups (broad SMARTS) is 1. The number of rotatable bonds is 58.